The summed E-state index contributed by atoms with van der Waals surface area (Å²) in [7, 11) is 0. The lowest BCUT2D eigenvalue weighted by Crippen LogP contribution is -2.46. The minimum atomic E-state index is -0.381. The van der Waals surface area contributed by atoms with Crippen molar-refractivity contribution in [2.24, 2.45) is 0 Å². The first-order chi connectivity index (χ1) is 7.85. The van der Waals surface area contributed by atoms with Crippen molar-refractivity contribution in [3.8, 4) is 0 Å². The Morgan fingerprint density at radius 1 is 1.47 bits per heavy atom. The number of carbonyl (C=O) groups excluding carboxylic acids is 1. The van der Waals surface area contributed by atoms with Crippen LogP contribution in [-0.2, 0) is 9.53 Å². The lowest BCUT2D eigenvalue weighted by atomic mass is 9.92. The first-order valence-corrected chi connectivity index (χ1v) is 5.93. The molecule has 1 fully saturated rings. The van der Waals surface area contributed by atoms with Crippen molar-refractivity contribution in [1.82, 2.24) is 4.90 Å². The van der Waals surface area contributed by atoms with Gasteiger partial charge in [0.2, 0.25) is 0 Å². The summed E-state index contributed by atoms with van der Waals surface area (Å²) in [6.07, 6.45) is 3.34. The summed E-state index contributed by atoms with van der Waals surface area (Å²) in [5, 5.41) is 6.89. The van der Waals surface area contributed by atoms with Crippen LogP contribution in [0.1, 0.15) is 47.0 Å². The molecule has 1 aliphatic rings. The summed E-state index contributed by atoms with van der Waals surface area (Å²) in [6, 6.07) is 0.426. The van der Waals surface area contributed by atoms with E-state index in [-0.39, 0.29) is 18.2 Å². The first kappa shape index (κ1) is 15.7. The molecule has 5 nitrogen and oxygen atoms in total. The maximum Gasteiger partial charge on any atom is 0.410 e. The number of rotatable bonds is 2. The zero-order valence-electron chi connectivity index (χ0n) is 11.1. The molecule has 0 spiro atoms. The van der Waals surface area contributed by atoms with Crippen LogP contribution in [-0.4, -0.2) is 40.8 Å². The van der Waals surface area contributed by atoms with Gasteiger partial charge in [0.05, 0.1) is 0 Å². The molecular weight excluding hydrogens is 222 g/mol. The number of hydrogen-bond donors (Lipinski definition) is 1. The molecule has 1 rings (SSSR count). The Bertz CT molecular complexity index is 243. The summed E-state index contributed by atoms with van der Waals surface area (Å²) in [6.45, 7) is 8.21. The average Bonchev–Trinajstić information content (AvgIpc) is 2.08. The van der Waals surface area contributed by atoms with Crippen LogP contribution < -0.4 is 0 Å². The highest BCUT2D eigenvalue weighted by Crippen LogP contribution is 2.25. The van der Waals surface area contributed by atoms with Crippen molar-refractivity contribution in [1.29, 1.82) is 0 Å². The smallest absolute Gasteiger partial charge is 0.410 e. The van der Waals surface area contributed by atoms with Gasteiger partial charge in [-0.15, -0.1) is 0 Å². The van der Waals surface area contributed by atoms with E-state index in [1.165, 1.54) is 6.42 Å². The van der Waals surface area contributed by atoms with E-state index in [2.05, 4.69) is 0 Å². The van der Waals surface area contributed by atoms with Gasteiger partial charge < -0.3 is 14.7 Å². The van der Waals surface area contributed by atoms with Crippen LogP contribution in [0.4, 0.5) is 4.79 Å². The fourth-order valence-corrected chi connectivity index (χ4v) is 1.56. The van der Waals surface area contributed by atoms with Crippen LogP contribution in [0, 0.1) is 0 Å². The standard InChI is InChI=1S/C11H21NO2.CH2O2/c1-5-12(9-7-6-8-9)10(13)14-11(2,3)4;2-1-3/h9H,5-8H2,1-4H3;1H,(H,2,3). The molecule has 0 aromatic rings. The Balaban J connectivity index is 0.000000770. The van der Waals surface area contributed by atoms with E-state index >= 15 is 0 Å². The lowest BCUT2D eigenvalue weighted by Gasteiger charge is -2.37. The maximum atomic E-state index is 11.7. The third-order valence-corrected chi connectivity index (χ3v) is 2.48. The second-order valence-corrected chi connectivity index (χ2v) is 4.96. The number of carboxylic acid groups (broad SMARTS) is 1. The third kappa shape index (κ3) is 6.14. The molecule has 0 saturated heterocycles. The number of nitrogens with zero attached hydrogens (tertiary/aromatic N) is 1. The second kappa shape index (κ2) is 7.14. The molecule has 1 amide bonds. The molecule has 0 radical (unpaired) electrons. The van der Waals surface area contributed by atoms with E-state index in [0.29, 0.717) is 6.04 Å². The predicted octanol–water partition coefficient (Wildman–Crippen LogP) is 2.50. The summed E-state index contributed by atoms with van der Waals surface area (Å²) >= 11 is 0. The van der Waals surface area contributed by atoms with E-state index in [4.69, 9.17) is 14.6 Å². The molecule has 17 heavy (non-hydrogen) atoms. The van der Waals surface area contributed by atoms with Crippen LogP contribution in [0.2, 0.25) is 0 Å². The predicted molar refractivity (Wildman–Crippen MR) is 64.9 cm³/mol. The topological polar surface area (TPSA) is 66.8 Å². The Labute approximate surface area is 103 Å². The van der Waals surface area contributed by atoms with Crippen LogP contribution in [0.25, 0.3) is 0 Å². The number of amides is 1. The molecule has 0 unspecified atom stereocenters. The monoisotopic (exact) mass is 245 g/mol. The number of carbonyl (C=O) groups is 2. The minimum absolute atomic E-state index is 0.162. The van der Waals surface area contributed by atoms with E-state index in [1.807, 2.05) is 32.6 Å². The van der Waals surface area contributed by atoms with Crippen molar-refractivity contribution in [2.45, 2.75) is 58.6 Å². The van der Waals surface area contributed by atoms with Gasteiger partial charge in [-0.05, 0) is 47.0 Å². The van der Waals surface area contributed by atoms with E-state index in [0.717, 1.165) is 19.4 Å². The number of hydrogen-bond acceptors (Lipinski definition) is 3. The Morgan fingerprint density at radius 2 is 1.94 bits per heavy atom. The van der Waals surface area contributed by atoms with Gasteiger partial charge in [0, 0.05) is 12.6 Å². The van der Waals surface area contributed by atoms with E-state index < -0.39 is 0 Å². The van der Waals surface area contributed by atoms with Crippen molar-refractivity contribution >= 4 is 12.6 Å². The molecular formula is C12H23NO4. The minimum Gasteiger partial charge on any atom is -0.483 e. The van der Waals surface area contributed by atoms with Gasteiger partial charge in [-0.2, -0.15) is 0 Å². The lowest BCUT2D eigenvalue weighted by molar-refractivity contribution is -0.122. The summed E-state index contributed by atoms with van der Waals surface area (Å²) in [5.41, 5.74) is -0.381. The summed E-state index contributed by atoms with van der Waals surface area (Å²) < 4.78 is 5.33. The van der Waals surface area contributed by atoms with Crippen LogP contribution in [0.5, 0.6) is 0 Å². The van der Waals surface area contributed by atoms with Gasteiger partial charge in [0.15, 0.2) is 0 Å². The maximum absolute atomic E-state index is 11.7. The normalized spacial score (nSPS) is 15.1. The quantitative estimate of drug-likeness (QED) is 0.759. The zero-order chi connectivity index (χ0) is 13.5. The van der Waals surface area contributed by atoms with E-state index in [1.54, 1.807) is 0 Å². The first-order valence-electron chi connectivity index (χ1n) is 5.93. The van der Waals surface area contributed by atoms with Gasteiger partial charge in [0.1, 0.15) is 5.60 Å². The van der Waals surface area contributed by atoms with Crippen molar-refractivity contribution in [3.05, 3.63) is 0 Å². The zero-order valence-corrected chi connectivity index (χ0v) is 11.1. The van der Waals surface area contributed by atoms with Crippen LogP contribution in [0.3, 0.4) is 0 Å². The molecule has 1 N–H and O–H groups in total. The Hall–Kier alpha value is -1.26. The average molecular weight is 245 g/mol. The SMILES string of the molecule is CCN(C(=O)OC(C)(C)C)C1CCC1.O=CO. The van der Waals surface area contributed by atoms with Gasteiger partial charge in [-0.1, -0.05) is 0 Å². The molecule has 1 aliphatic carbocycles. The highest BCUT2D eigenvalue weighted by molar-refractivity contribution is 5.68. The molecule has 1 saturated carbocycles. The highest BCUT2D eigenvalue weighted by Gasteiger charge is 2.30. The number of ether oxygens (including phenoxy) is 1. The van der Waals surface area contributed by atoms with Gasteiger partial charge in [0.25, 0.3) is 6.47 Å². The van der Waals surface area contributed by atoms with Gasteiger partial charge >= 0.3 is 6.09 Å². The van der Waals surface area contributed by atoms with Crippen molar-refractivity contribution in [3.63, 3.8) is 0 Å². The molecule has 5 heteroatoms. The Morgan fingerprint density at radius 3 is 2.18 bits per heavy atom. The summed E-state index contributed by atoms with van der Waals surface area (Å²) in [4.78, 5) is 21.9. The molecule has 0 bridgehead atoms. The fraction of sp³-hybridized carbons (Fsp3) is 0.833. The largest absolute Gasteiger partial charge is 0.483 e. The van der Waals surface area contributed by atoms with E-state index in [9.17, 15) is 4.79 Å². The third-order valence-electron chi connectivity index (χ3n) is 2.48. The van der Waals surface area contributed by atoms with Crippen molar-refractivity contribution < 1.29 is 19.4 Å². The molecule has 0 aromatic heterocycles. The van der Waals surface area contributed by atoms with Crippen molar-refractivity contribution in [2.75, 3.05) is 6.54 Å². The molecule has 0 atom stereocenters. The summed E-state index contributed by atoms with van der Waals surface area (Å²) in [5.74, 6) is 0. The second-order valence-electron chi connectivity index (χ2n) is 4.96. The molecule has 0 aliphatic heterocycles. The van der Waals surface area contributed by atoms with Gasteiger partial charge in [-0.3, -0.25) is 4.79 Å². The molecule has 0 heterocycles. The Kier molecular flexibility index (Phi) is 6.61. The van der Waals surface area contributed by atoms with Crippen LogP contribution >= 0.6 is 0 Å². The van der Waals surface area contributed by atoms with Gasteiger partial charge in [-0.25, -0.2) is 4.79 Å². The molecule has 100 valence electrons. The molecule has 0 aromatic carbocycles. The van der Waals surface area contributed by atoms with Crippen LogP contribution in [0.15, 0.2) is 0 Å². The fourth-order valence-electron chi connectivity index (χ4n) is 1.56. The highest BCUT2D eigenvalue weighted by atomic mass is 16.6.